The van der Waals surface area contributed by atoms with Crippen molar-refractivity contribution in [1.82, 2.24) is 0 Å². The molecule has 0 aromatic heterocycles. The van der Waals surface area contributed by atoms with E-state index in [0.717, 1.165) is 24.6 Å². The predicted octanol–water partition coefficient (Wildman–Crippen LogP) is 3.83. The SMILES string of the molecule is COc1cc(NC2CCN(c3ccc(F)cc3[N+](=O)[O-])CC2)cc(OC)c1. The fraction of sp³-hybridized carbons (Fsp3) is 0.368. The largest absolute Gasteiger partial charge is 0.497 e. The van der Waals surface area contributed by atoms with E-state index < -0.39 is 10.7 Å². The highest BCUT2D eigenvalue weighted by molar-refractivity contribution is 5.63. The van der Waals surface area contributed by atoms with E-state index in [2.05, 4.69) is 5.32 Å². The Morgan fingerprint density at radius 1 is 1.11 bits per heavy atom. The monoisotopic (exact) mass is 375 g/mol. The summed E-state index contributed by atoms with van der Waals surface area (Å²) < 4.78 is 23.9. The molecule has 1 N–H and O–H groups in total. The first-order valence-corrected chi connectivity index (χ1v) is 8.68. The van der Waals surface area contributed by atoms with Crippen molar-refractivity contribution in [3.63, 3.8) is 0 Å². The molecule has 1 heterocycles. The molecule has 2 aromatic rings. The van der Waals surface area contributed by atoms with Crippen LogP contribution in [0.3, 0.4) is 0 Å². The topological polar surface area (TPSA) is 76.9 Å². The molecule has 8 heteroatoms. The van der Waals surface area contributed by atoms with Gasteiger partial charge < -0.3 is 19.7 Å². The Labute approximate surface area is 156 Å². The minimum Gasteiger partial charge on any atom is -0.497 e. The van der Waals surface area contributed by atoms with Gasteiger partial charge >= 0.3 is 0 Å². The van der Waals surface area contributed by atoms with Crippen molar-refractivity contribution >= 4 is 17.1 Å². The van der Waals surface area contributed by atoms with Gasteiger partial charge in [0.2, 0.25) is 0 Å². The van der Waals surface area contributed by atoms with Crippen molar-refractivity contribution in [1.29, 1.82) is 0 Å². The molecule has 1 fully saturated rings. The van der Waals surface area contributed by atoms with Gasteiger partial charge in [0.05, 0.1) is 25.2 Å². The average Bonchev–Trinajstić information content (AvgIpc) is 2.68. The summed E-state index contributed by atoms with van der Waals surface area (Å²) >= 11 is 0. The summed E-state index contributed by atoms with van der Waals surface area (Å²) in [6.07, 6.45) is 1.60. The summed E-state index contributed by atoms with van der Waals surface area (Å²) in [5.74, 6) is 0.807. The molecule has 0 atom stereocenters. The predicted molar refractivity (Wildman–Crippen MR) is 101 cm³/mol. The molecule has 1 saturated heterocycles. The van der Waals surface area contributed by atoms with Gasteiger partial charge in [-0.3, -0.25) is 10.1 Å². The molecule has 0 spiro atoms. The van der Waals surface area contributed by atoms with Crippen molar-refractivity contribution in [2.75, 3.05) is 37.5 Å². The van der Waals surface area contributed by atoms with Gasteiger partial charge in [0.15, 0.2) is 0 Å². The zero-order chi connectivity index (χ0) is 19.4. The van der Waals surface area contributed by atoms with Crippen molar-refractivity contribution < 1.29 is 18.8 Å². The molecule has 0 unspecified atom stereocenters. The van der Waals surface area contributed by atoms with Crippen molar-refractivity contribution in [3.8, 4) is 11.5 Å². The highest BCUT2D eigenvalue weighted by atomic mass is 19.1. The van der Waals surface area contributed by atoms with E-state index in [1.807, 2.05) is 17.0 Å². The average molecular weight is 375 g/mol. The van der Waals surface area contributed by atoms with Gasteiger partial charge in [-0.15, -0.1) is 0 Å². The molecular weight excluding hydrogens is 353 g/mol. The van der Waals surface area contributed by atoms with Gasteiger partial charge in [0, 0.05) is 43.0 Å². The third-order valence-electron chi connectivity index (χ3n) is 4.69. The summed E-state index contributed by atoms with van der Waals surface area (Å²) in [7, 11) is 3.21. The molecule has 0 amide bonds. The molecule has 7 nitrogen and oxygen atoms in total. The maximum Gasteiger partial charge on any atom is 0.295 e. The van der Waals surface area contributed by atoms with Crippen LogP contribution in [0.4, 0.5) is 21.5 Å². The second-order valence-electron chi connectivity index (χ2n) is 6.40. The molecule has 0 aliphatic carbocycles. The third-order valence-corrected chi connectivity index (χ3v) is 4.69. The second-order valence-corrected chi connectivity index (χ2v) is 6.40. The molecule has 144 valence electrons. The van der Waals surface area contributed by atoms with E-state index in [-0.39, 0.29) is 11.7 Å². The normalized spacial score (nSPS) is 14.7. The Balaban J connectivity index is 1.67. The first kappa shape index (κ1) is 18.8. The Bertz CT molecular complexity index is 800. The molecular formula is C19H22FN3O4. The van der Waals surface area contributed by atoms with E-state index in [1.165, 1.54) is 12.1 Å². The third kappa shape index (κ3) is 4.39. The molecule has 1 aliphatic rings. The van der Waals surface area contributed by atoms with E-state index >= 15 is 0 Å². The number of nitrogens with zero attached hydrogens (tertiary/aromatic N) is 2. The quantitative estimate of drug-likeness (QED) is 0.611. The number of anilines is 2. The zero-order valence-corrected chi connectivity index (χ0v) is 15.3. The van der Waals surface area contributed by atoms with Crippen LogP contribution in [0.25, 0.3) is 0 Å². The van der Waals surface area contributed by atoms with Crippen LogP contribution in [0.15, 0.2) is 36.4 Å². The minimum absolute atomic E-state index is 0.195. The lowest BCUT2D eigenvalue weighted by Crippen LogP contribution is -2.39. The van der Waals surface area contributed by atoms with Crippen molar-refractivity contribution in [2.24, 2.45) is 0 Å². The highest BCUT2D eigenvalue weighted by Crippen LogP contribution is 2.32. The maximum absolute atomic E-state index is 13.3. The van der Waals surface area contributed by atoms with Crippen LogP contribution in [0.5, 0.6) is 11.5 Å². The Morgan fingerprint density at radius 2 is 1.74 bits per heavy atom. The van der Waals surface area contributed by atoms with Crippen LogP contribution in [0, 0.1) is 15.9 Å². The van der Waals surface area contributed by atoms with E-state index in [1.54, 1.807) is 20.3 Å². The smallest absolute Gasteiger partial charge is 0.295 e. The van der Waals surface area contributed by atoms with Gasteiger partial charge in [-0.25, -0.2) is 4.39 Å². The fourth-order valence-electron chi connectivity index (χ4n) is 3.30. The molecule has 1 aliphatic heterocycles. The number of halogens is 1. The lowest BCUT2D eigenvalue weighted by Gasteiger charge is -2.34. The summed E-state index contributed by atoms with van der Waals surface area (Å²) in [5.41, 5.74) is 1.17. The number of nitro groups is 1. The fourth-order valence-corrected chi connectivity index (χ4v) is 3.30. The Kier molecular flexibility index (Phi) is 5.63. The van der Waals surface area contributed by atoms with Crippen molar-refractivity contribution in [2.45, 2.75) is 18.9 Å². The zero-order valence-electron chi connectivity index (χ0n) is 15.3. The summed E-state index contributed by atoms with van der Waals surface area (Å²) in [6, 6.07) is 9.55. The van der Waals surface area contributed by atoms with Gasteiger partial charge in [-0.05, 0) is 25.0 Å². The molecule has 0 radical (unpaired) electrons. The maximum atomic E-state index is 13.3. The van der Waals surface area contributed by atoms with E-state index in [9.17, 15) is 14.5 Å². The van der Waals surface area contributed by atoms with E-state index in [0.29, 0.717) is 30.3 Å². The number of ether oxygens (including phenoxy) is 2. The number of nitro benzene ring substituents is 1. The van der Waals surface area contributed by atoms with E-state index in [4.69, 9.17) is 9.47 Å². The second kappa shape index (κ2) is 8.11. The summed E-state index contributed by atoms with van der Waals surface area (Å²) in [4.78, 5) is 12.6. The van der Waals surface area contributed by atoms with Gasteiger partial charge in [-0.2, -0.15) is 0 Å². The molecule has 0 bridgehead atoms. The summed E-state index contributed by atoms with van der Waals surface area (Å²) in [6.45, 7) is 1.29. The summed E-state index contributed by atoms with van der Waals surface area (Å²) in [5, 5.41) is 14.7. The number of rotatable bonds is 6. The van der Waals surface area contributed by atoms with Gasteiger partial charge in [0.1, 0.15) is 23.0 Å². The van der Waals surface area contributed by atoms with Gasteiger partial charge in [-0.1, -0.05) is 0 Å². The van der Waals surface area contributed by atoms with Crippen LogP contribution < -0.4 is 19.7 Å². The number of hydrogen-bond acceptors (Lipinski definition) is 6. The van der Waals surface area contributed by atoms with Crippen LogP contribution >= 0.6 is 0 Å². The number of nitrogens with one attached hydrogen (secondary N) is 1. The first-order valence-electron chi connectivity index (χ1n) is 8.68. The molecule has 27 heavy (non-hydrogen) atoms. The lowest BCUT2D eigenvalue weighted by molar-refractivity contribution is -0.384. The molecule has 0 saturated carbocycles. The highest BCUT2D eigenvalue weighted by Gasteiger charge is 2.25. The van der Waals surface area contributed by atoms with Crippen LogP contribution in [0.2, 0.25) is 0 Å². The Hall–Kier alpha value is -3.03. The Morgan fingerprint density at radius 3 is 2.30 bits per heavy atom. The number of methoxy groups -OCH3 is 2. The van der Waals surface area contributed by atoms with Crippen LogP contribution in [-0.4, -0.2) is 38.3 Å². The number of benzene rings is 2. The molecule has 2 aromatic carbocycles. The van der Waals surface area contributed by atoms with Crippen molar-refractivity contribution in [3.05, 3.63) is 52.3 Å². The minimum atomic E-state index is -0.603. The van der Waals surface area contributed by atoms with Crippen LogP contribution in [0.1, 0.15) is 12.8 Å². The van der Waals surface area contributed by atoms with Crippen LogP contribution in [-0.2, 0) is 0 Å². The first-order chi connectivity index (χ1) is 13.0. The standard InChI is InChI=1S/C19H22FN3O4/c1-26-16-10-15(11-17(12-16)27-2)21-14-5-7-22(8-6-14)18-4-3-13(20)9-19(18)23(24)25/h3-4,9-12,14,21H,5-8H2,1-2H3. The lowest BCUT2D eigenvalue weighted by atomic mass is 10.0. The number of piperidine rings is 1. The van der Waals surface area contributed by atoms with Gasteiger partial charge in [0.25, 0.3) is 5.69 Å². The number of hydrogen-bond donors (Lipinski definition) is 1. The molecule has 3 rings (SSSR count).